The maximum atomic E-state index is 12.9. The summed E-state index contributed by atoms with van der Waals surface area (Å²) in [6.07, 6.45) is 3.14. The Morgan fingerprint density at radius 2 is 1.58 bits per heavy atom. The van der Waals surface area contributed by atoms with Crippen molar-refractivity contribution in [3.63, 3.8) is 0 Å². The standard InChI is InChI=1S/C27H27NO3/c1-27(2,3)22-15-12-20(13-16-22)26(30)21-9-7-10-23(18-21)28-25(29)17-14-19-8-5-6-11-24(19)31-4/h5-18H,1-4H3,(H,28,29)/b17-14+. The van der Waals surface area contributed by atoms with Crippen molar-refractivity contribution >= 4 is 23.5 Å². The quantitative estimate of drug-likeness (QED) is 0.406. The number of benzene rings is 3. The molecule has 0 spiro atoms. The van der Waals surface area contributed by atoms with E-state index in [2.05, 4.69) is 26.1 Å². The van der Waals surface area contributed by atoms with Crippen LogP contribution in [-0.2, 0) is 10.2 Å². The van der Waals surface area contributed by atoms with Gasteiger partial charge in [-0.2, -0.15) is 0 Å². The molecule has 0 bridgehead atoms. The number of nitrogens with one attached hydrogen (secondary N) is 1. The molecule has 0 unspecified atom stereocenters. The number of para-hydroxylation sites is 1. The Labute approximate surface area is 183 Å². The maximum absolute atomic E-state index is 12.9. The molecule has 0 fully saturated rings. The molecule has 0 heterocycles. The van der Waals surface area contributed by atoms with Crippen molar-refractivity contribution < 1.29 is 14.3 Å². The summed E-state index contributed by atoms with van der Waals surface area (Å²) in [6.45, 7) is 6.41. The molecule has 3 rings (SSSR count). The van der Waals surface area contributed by atoms with E-state index in [0.717, 1.165) is 5.56 Å². The lowest BCUT2D eigenvalue weighted by atomic mass is 9.86. The van der Waals surface area contributed by atoms with Gasteiger partial charge in [-0.25, -0.2) is 0 Å². The van der Waals surface area contributed by atoms with E-state index in [1.54, 1.807) is 37.5 Å². The molecule has 0 aliphatic carbocycles. The first-order chi connectivity index (χ1) is 14.8. The Hall–Kier alpha value is -3.66. The van der Waals surface area contributed by atoms with Crippen LogP contribution in [0, 0.1) is 0 Å². The van der Waals surface area contributed by atoms with E-state index in [-0.39, 0.29) is 17.1 Å². The molecule has 3 aromatic carbocycles. The molecule has 1 N–H and O–H groups in total. The van der Waals surface area contributed by atoms with Gasteiger partial charge in [0.25, 0.3) is 0 Å². The molecule has 0 radical (unpaired) electrons. The second-order valence-corrected chi connectivity index (χ2v) is 8.30. The zero-order valence-electron chi connectivity index (χ0n) is 18.3. The molecular weight excluding hydrogens is 386 g/mol. The van der Waals surface area contributed by atoms with Gasteiger partial charge < -0.3 is 10.1 Å². The molecule has 4 heteroatoms. The number of carbonyl (C=O) groups is 2. The second kappa shape index (κ2) is 9.43. The fourth-order valence-electron chi connectivity index (χ4n) is 3.18. The summed E-state index contributed by atoms with van der Waals surface area (Å²) in [5.74, 6) is 0.322. The monoisotopic (exact) mass is 413 g/mol. The van der Waals surface area contributed by atoms with Crippen molar-refractivity contribution in [2.24, 2.45) is 0 Å². The largest absolute Gasteiger partial charge is 0.496 e. The van der Waals surface area contributed by atoms with Crippen molar-refractivity contribution in [2.45, 2.75) is 26.2 Å². The number of anilines is 1. The molecule has 1 amide bonds. The lowest BCUT2D eigenvalue weighted by Crippen LogP contribution is -2.11. The van der Waals surface area contributed by atoms with Crippen molar-refractivity contribution in [2.75, 3.05) is 12.4 Å². The van der Waals surface area contributed by atoms with Crippen LogP contribution in [0.15, 0.2) is 78.9 Å². The summed E-state index contributed by atoms with van der Waals surface area (Å²) in [4.78, 5) is 25.2. The minimum atomic E-state index is -0.287. The summed E-state index contributed by atoms with van der Waals surface area (Å²) in [5, 5.41) is 2.81. The SMILES string of the molecule is COc1ccccc1/C=C/C(=O)Nc1cccc(C(=O)c2ccc(C(C)(C)C)cc2)c1. The van der Waals surface area contributed by atoms with Crippen LogP contribution in [0.1, 0.15) is 47.8 Å². The summed E-state index contributed by atoms with van der Waals surface area (Å²) in [6, 6.07) is 22.1. The van der Waals surface area contributed by atoms with Gasteiger partial charge in [0.05, 0.1) is 7.11 Å². The number of amides is 1. The van der Waals surface area contributed by atoms with Crippen LogP contribution in [0.4, 0.5) is 5.69 Å². The number of hydrogen-bond donors (Lipinski definition) is 1. The average molecular weight is 414 g/mol. The first-order valence-corrected chi connectivity index (χ1v) is 10.2. The molecule has 31 heavy (non-hydrogen) atoms. The van der Waals surface area contributed by atoms with Gasteiger partial charge in [-0.1, -0.05) is 75.4 Å². The molecular formula is C27H27NO3. The maximum Gasteiger partial charge on any atom is 0.248 e. The summed E-state index contributed by atoms with van der Waals surface area (Å²) < 4.78 is 5.29. The Morgan fingerprint density at radius 3 is 2.26 bits per heavy atom. The van der Waals surface area contributed by atoms with Crippen LogP contribution < -0.4 is 10.1 Å². The van der Waals surface area contributed by atoms with E-state index >= 15 is 0 Å². The highest BCUT2D eigenvalue weighted by atomic mass is 16.5. The summed E-state index contributed by atoms with van der Waals surface area (Å²) in [7, 11) is 1.59. The Morgan fingerprint density at radius 1 is 0.871 bits per heavy atom. The highest BCUT2D eigenvalue weighted by Gasteiger charge is 2.15. The molecule has 4 nitrogen and oxygen atoms in total. The molecule has 158 valence electrons. The number of carbonyl (C=O) groups excluding carboxylic acids is 2. The molecule has 0 saturated heterocycles. The van der Waals surface area contributed by atoms with Crippen molar-refractivity contribution in [3.05, 3.63) is 101 Å². The molecule has 0 saturated carbocycles. The predicted octanol–water partition coefficient (Wildman–Crippen LogP) is 5.88. The van der Waals surface area contributed by atoms with Gasteiger partial charge in [0.1, 0.15) is 5.75 Å². The zero-order valence-corrected chi connectivity index (χ0v) is 18.3. The third kappa shape index (κ3) is 5.70. The Bertz CT molecular complexity index is 1110. The van der Waals surface area contributed by atoms with Crippen LogP contribution in [0.5, 0.6) is 5.75 Å². The molecule has 0 aliphatic rings. The van der Waals surface area contributed by atoms with Crippen molar-refractivity contribution in [3.8, 4) is 5.75 Å². The third-order valence-corrected chi connectivity index (χ3v) is 4.96. The van der Waals surface area contributed by atoms with Gasteiger partial charge in [0.2, 0.25) is 5.91 Å². The van der Waals surface area contributed by atoms with Crippen molar-refractivity contribution in [1.82, 2.24) is 0 Å². The second-order valence-electron chi connectivity index (χ2n) is 8.30. The van der Waals surface area contributed by atoms with E-state index in [4.69, 9.17) is 4.74 Å². The van der Waals surface area contributed by atoms with E-state index in [0.29, 0.717) is 22.6 Å². The van der Waals surface area contributed by atoms with E-state index in [1.807, 2.05) is 48.5 Å². The van der Waals surface area contributed by atoms with Crippen molar-refractivity contribution in [1.29, 1.82) is 0 Å². The first kappa shape index (κ1) is 22.0. The normalized spacial score (nSPS) is 11.4. The topological polar surface area (TPSA) is 55.4 Å². The van der Waals surface area contributed by atoms with Gasteiger partial charge in [-0.3, -0.25) is 9.59 Å². The van der Waals surface area contributed by atoms with E-state index in [9.17, 15) is 9.59 Å². The molecule has 0 atom stereocenters. The fourth-order valence-corrected chi connectivity index (χ4v) is 3.18. The summed E-state index contributed by atoms with van der Waals surface area (Å²) in [5.41, 5.74) is 3.72. The van der Waals surface area contributed by atoms with Gasteiger partial charge in [0, 0.05) is 28.5 Å². The predicted molar refractivity (Wildman–Crippen MR) is 126 cm³/mol. The van der Waals surface area contributed by atoms with E-state index in [1.165, 1.54) is 11.6 Å². The highest BCUT2D eigenvalue weighted by molar-refractivity contribution is 6.10. The smallest absolute Gasteiger partial charge is 0.248 e. The number of hydrogen-bond acceptors (Lipinski definition) is 3. The number of rotatable bonds is 6. The zero-order chi connectivity index (χ0) is 22.4. The van der Waals surface area contributed by atoms with Gasteiger partial charge >= 0.3 is 0 Å². The lowest BCUT2D eigenvalue weighted by Gasteiger charge is -2.19. The van der Waals surface area contributed by atoms with Crippen LogP contribution in [-0.4, -0.2) is 18.8 Å². The van der Waals surface area contributed by atoms with Crippen LogP contribution >= 0.6 is 0 Å². The molecule has 3 aromatic rings. The lowest BCUT2D eigenvalue weighted by molar-refractivity contribution is -0.111. The Balaban J connectivity index is 1.72. The van der Waals surface area contributed by atoms with Gasteiger partial charge in [-0.05, 0) is 35.3 Å². The van der Waals surface area contributed by atoms with Crippen LogP contribution in [0.25, 0.3) is 6.08 Å². The average Bonchev–Trinajstić information content (AvgIpc) is 2.77. The molecule has 0 aromatic heterocycles. The first-order valence-electron chi connectivity index (χ1n) is 10.2. The Kier molecular flexibility index (Phi) is 6.71. The fraction of sp³-hybridized carbons (Fsp3) is 0.185. The van der Waals surface area contributed by atoms with Crippen LogP contribution in [0.2, 0.25) is 0 Å². The number of ketones is 1. The highest BCUT2D eigenvalue weighted by Crippen LogP contribution is 2.23. The van der Waals surface area contributed by atoms with Gasteiger partial charge in [-0.15, -0.1) is 0 Å². The third-order valence-electron chi connectivity index (χ3n) is 4.96. The molecule has 0 aliphatic heterocycles. The van der Waals surface area contributed by atoms with E-state index < -0.39 is 0 Å². The minimum Gasteiger partial charge on any atom is -0.496 e. The van der Waals surface area contributed by atoms with Crippen LogP contribution in [0.3, 0.4) is 0 Å². The van der Waals surface area contributed by atoms with Gasteiger partial charge in [0.15, 0.2) is 5.78 Å². The summed E-state index contributed by atoms with van der Waals surface area (Å²) >= 11 is 0. The number of ether oxygens (including phenoxy) is 1. The number of methoxy groups -OCH3 is 1. The minimum absolute atomic E-state index is 0.0308.